The third-order valence-corrected chi connectivity index (χ3v) is 6.15. The highest BCUT2D eigenvalue weighted by Gasteiger charge is 2.39. The molecule has 1 heterocycles. The van der Waals surface area contributed by atoms with Crippen LogP contribution in [0.5, 0.6) is 0 Å². The minimum Gasteiger partial charge on any atom is -0.368 e. The summed E-state index contributed by atoms with van der Waals surface area (Å²) in [6, 6.07) is 0.519. The van der Waals surface area contributed by atoms with E-state index in [0.29, 0.717) is 11.5 Å². The molecular formula is C17H31N3O. The van der Waals surface area contributed by atoms with Gasteiger partial charge in [0.15, 0.2) is 0 Å². The van der Waals surface area contributed by atoms with Crippen LogP contribution < -0.4 is 11.1 Å². The van der Waals surface area contributed by atoms with Gasteiger partial charge < -0.3 is 16.0 Å². The molecule has 120 valence electrons. The van der Waals surface area contributed by atoms with Crippen LogP contribution in [0.1, 0.15) is 64.7 Å². The Hall–Kier alpha value is -0.610. The van der Waals surface area contributed by atoms with Crippen molar-refractivity contribution in [1.29, 1.82) is 0 Å². The number of hydrogen-bond donors (Lipinski definition) is 2. The summed E-state index contributed by atoms with van der Waals surface area (Å²) in [5, 5.41) is 3.45. The summed E-state index contributed by atoms with van der Waals surface area (Å²) < 4.78 is 0. The number of amides is 1. The van der Waals surface area contributed by atoms with Crippen molar-refractivity contribution in [2.45, 2.75) is 76.3 Å². The smallest absolute Gasteiger partial charge is 0.237 e. The van der Waals surface area contributed by atoms with Gasteiger partial charge >= 0.3 is 0 Å². The lowest BCUT2D eigenvalue weighted by Crippen LogP contribution is -2.55. The molecule has 1 spiro atoms. The van der Waals surface area contributed by atoms with Gasteiger partial charge in [-0.25, -0.2) is 0 Å². The lowest BCUT2D eigenvalue weighted by molar-refractivity contribution is -0.124. The second kappa shape index (κ2) is 5.88. The highest BCUT2D eigenvalue weighted by Crippen LogP contribution is 2.46. The summed E-state index contributed by atoms with van der Waals surface area (Å²) in [5.74, 6) is -0.196. The average molecular weight is 293 g/mol. The molecule has 1 amide bonds. The Morgan fingerprint density at radius 2 is 1.86 bits per heavy atom. The lowest BCUT2D eigenvalue weighted by atomic mass is 9.77. The van der Waals surface area contributed by atoms with Crippen LogP contribution in [0.15, 0.2) is 0 Å². The Bertz CT molecular complexity index is 377. The molecule has 21 heavy (non-hydrogen) atoms. The number of hydrogen-bond acceptors (Lipinski definition) is 3. The maximum atomic E-state index is 11.8. The molecule has 1 unspecified atom stereocenters. The topological polar surface area (TPSA) is 58.4 Å². The van der Waals surface area contributed by atoms with Crippen LogP contribution in [0.25, 0.3) is 0 Å². The Morgan fingerprint density at radius 3 is 2.38 bits per heavy atom. The predicted octanol–water partition coefficient (Wildman–Crippen LogP) is 2.03. The number of carbonyl (C=O) groups excluding carboxylic acids is 1. The molecule has 1 saturated heterocycles. The Morgan fingerprint density at radius 1 is 1.24 bits per heavy atom. The molecule has 3 rings (SSSR count). The third kappa shape index (κ3) is 3.59. The second-order valence-electron chi connectivity index (χ2n) is 7.91. The van der Waals surface area contributed by atoms with E-state index in [4.69, 9.17) is 5.73 Å². The minimum absolute atomic E-state index is 0.196. The van der Waals surface area contributed by atoms with Crippen molar-refractivity contribution >= 4 is 5.91 Å². The van der Waals surface area contributed by atoms with Gasteiger partial charge in [0.2, 0.25) is 5.91 Å². The van der Waals surface area contributed by atoms with Crippen molar-refractivity contribution in [1.82, 2.24) is 10.2 Å². The molecule has 3 N–H and O–H groups in total. The SMILES string of the molecule is CC(CCN1CCC2(CCCC2)CC1)(NC1CC1)C(N)=O. The van der Waals surface area contributed by atoms with E-state index in [1.807, 2.05) is 6.92 Å². The minimum atomic E-state index is -0.524. The van der Waals surface area contributed by atoms with Crippen molar-refractivity contribution in [3.63, 3.8) is 0 Å². The normalized spacial score (nSPS) is 28.6. The van der Waals surface area contributed by atoms with Gasteiger partial charge in [-0.1, -0.05) is 12.8 Å². The molecule has 0 aromatic carbocycles. The molecule has 0 radical (unpaired) electrons. The van der Waals surface area contributed by atoms with Gasteiger partial charge in [-0.3, -0.25) is 4.79 Å². The molecule has 2 saturated carbocycles. The predicted molar refractivity (Wildman–Crippen MR) is 84.9 cm³/mol. The van der Waals surface area contributed by atoms with Crippen molar-refractivity contribution in [3.05, 3.63) is 0 Å². The summed E-state index contributed by atoms with van der Waals surface area (Å²) in [4.78, 5) is 14.3. The molecule has 3 fully saturated rings. The van der Waals surface area contributed by atoms with Gasteiger partial charge in [0.1, 0.15) is 0 Å². The number of nitrogens with zero attached hydrogens (tertiary/aromatic N) is 1. The first-order chi connectivity index (χ1) is 10.0. The van der Waals surface area contributed by atoms with Crippen molar-refractivity contribution < 1.29 is 4.79 Å². The van der Waals surface area contributed by atoms with Crippen LogP contribution in [-0.4, -0.2) is 42.0 Å². The van der Waals surface area contributed by atoms with Crippen LogP contribution in [0, 0.1) is 5.41 Å². The quantitative estimate of drug-likeness (QED) is 0.788. The van der Waals surface area contributed by atoms with E-state index in [2.05, 4.69) is 10.2 Å². The molecule has 4 heteroatoms. The molecule has 0 aromatic rings. The number of nitrogens with one attached hydrogen (secondary N) is 1. The number of carbonyl (C=O) groups is 1. The maximum Gasteiger partial charge on any atom is 0.237 e. The maximum absolute atomic E-state index is 11.8. The monoisotopic (exact) mass is 293 g/mol. The van der Waals surface area contributed by atoms with Crippen molar-refractivity contribution in [2.24, 2.45) is 11.1 Å². The first-order valence-electron chi connectivity index (χ1n) is 8.81. The van der Waals surface area contributed by atoms with E-state index in [0.717, 1.165) is 13.0 Å². The van der Waals surface area contributed by atoms with Gasteiger partial charge in [0.25, 0.3) is 0 Å². The van der Waals surface area contributed by atoms with E-state index in [9.17, 15) is 4.79 Å². The molecule has 1 aliphatic heterocycles. The van der Waals surface area contributed by atoms with Gasteiger partial charge in [-0.15, -0.1) is 0 Å². The number of primary amides is 1. The highest BCUT2D eigenvalue weighted by molar-refractivity contribution is 5.84. The first kappa shape index (κ1) is 15.3. The molecular weight excluding hydrogens is 262 g/mol. The number of likely N-dealkylation sites (tertiary alicyclic amines) is 1. The molecule has 1 atom stereocenters. The molecule has 2 aliphatic carbocycles. The second-order valence-corrected chi connectivity index (χ2v) is 7.91. The van der Waals surface area contributed by atoms with E-state index in [-0.39, 0.29) is 5.91 Å². The number of rotatable bonds is 6. The van der Waals surface area contributed by atoms with Crippen LogP contribution in [0.4, 0.5) is 0 Å². The Kier molecular flexibility index (Phi) is 4.28. The summed E-state index contributed by atoms with van der Waals surface area (Å²) in [6.45, 7) is 5.39. The number of piperidine rings is 1. The molecule has 3 aliphatic rings. The zero-order valence-electron chi connectivity index (χ0n) is 13.5. The van der Waals surface area contributed by atoms with Gasteiger partial charge in [0, 0.05) is 12.6 Å². The zero-order chi connectivity index (χ0) is 14.9. The largest absolute Gasteiger partial charge is 0.368 e. The average Bonchev–Trinajstić information content (AvgIpc) is 3.16. The Labute approximate surface area is 128 Å². The van der Waals surface area contributed by atoms with Crippen LogP contribution in [0.3, 0.4) is 0 Å². The van der Waals surface area contributed by atoms with Crippen LogP contribution >= 0.6 is 0 Å². The molecule has 0 aromatic heterocycles. The van der Waals surface area contributed by atoms with E-state index in [1.165, 1.54) is 64.5 Å². The fourth-order valence-corrected chi connectivity index (χ4v) is 4.20. The van der Waals surface area contributed by atoms with Crippen molar-refractivity contribution in [3.8, 4) is 0 Å². The Balaban J connectivity index is 1.47. The standard InChI is InChI=1S/C17H31N3O/c1-16(15(18)21,19-14-4-5-14)8-11-20-12-9-17(10-13-20)6-2-3-7-17/h14,19H,2-13H2,1H3,(H2,18,21). The van der Waals surface area contributed by atoms with Crippen molar-refractivity contribution in [2.75, 3.05) is 19.6 Å². The zero-order valence-corrected chi connectivity index (χ0v) is 13.5. The summed E-state index contributed by atoms with van der Waals surface area (Å²) >= 11 is 0. The number of nitrogens with two attached hydrogens (primary N) is 1. The fourth-order valence-electron chi connectivity index (χ4n) is 4.20. The molecule has 0 bridgehead atoms. The van der Waals surface area contributed by atoms with E-state index < -0.39 is 5.54 Å². The highest BCUT2D eigenvalue weighted by atomic mass is 16.1. The van der Waals surface area contributed by atoms with Crippen LogP contribution in [-0.2, 0) is 4.79 Å². The molecule has 4 nitrogen and oxygen atoms in total. The summed E-state index contributed by atoms with van der Waals surface area (Å²) in [5.41, 5.74) is 5.79. The van der Waals surface area contributed by atoms with E-state index >= 15 is 0 Å². The van der Waals surface area contributed by atoms with Gasteiger partial charge in [0.05, 0.1) is 5.54 Å². The summed E-state index contributed by atoms with van der Waals surface area (Å²) in [7, 11) is 0. The summed E-state index contributed by atoms with van der Waals surface area (Å²) in [6.07, 6.45) is 11.7. The van der Waals surface area contributed by atoms with E-state index in [1.54, 1.807) is 0 Å². The van der Waals surface area contributed by atoms with Crippen LogP contribution in [0.2, 0.25) is 0 Å². The third-order valence-electron chi connectivity index (χ3n) is 6.15. The first-order valence-corrected chi connectivity index (χ1v) is 8.81. The lowest BCUT2D eigenvalue weighted by Gasteiger charge is -2.40. The fraction of sp³-hybridized carbons (Fsp3) is 0.941. The van der Waals surface area contributed by atoms with Gasteiger partial charge in [-0.05, 0) is 70.4 Å². The van der Waals surface area contributed by atoms with Gasteiger partial charge in [-0.2, -0.15) is 0 Å².